The molecule has 0 saturated carbocycles. The Morgan fingerprint density at radius 2 is 2.21 bits per heavy atom. The van der Waals surface area contributed by atoms with E-state index in [1.165, 1.54) is 11.3 Å². The number of nitriles is 1. The molecule has 2 nitrogen and oxygen atoms in total. The minimum atomic E-state index is 0.154. The van der Waals surface area contributed by atoms with Gasteiger partial charge >= 0.3 is 0 Å². The molecule has 1 heterocycles. The molecular weight excluding hydrogens is 172 g/mol. The van der Waals surface area contributed by atoms with Crippen LogP contribution < -0.4 is 5.32 Å². The SMILES string of the molecule is CC1CC(C#N)Cc2ccccc2N1. The van der Waals surface area contributed by atoms with E-state index in [9.17, 15) is 0 Å². The maximum atomic E-state index is 8.98. The van der Waals surface area contributed by atoms with Gasteiger partial charge < -0.3 is 5.32 Å². The largest absolute Gasteiger partial charge is 0.382 e. The van der Waals surface area contributed by atoms with Crippen LogP contribution in [0.3, 0.4) is 0 Å². The van der Waals surface area contributed by atoms with Crippen LogP contribution >= 0.6 is 0 Å². The fourth-order valence-electron chi connectivity index (χ4n) is 2.04. The monoisotopic (exact) mass is 186 g/mol. The van der Waals surface area contributed by atoms with Gasteiger partial charge in [0.2, 0.25) is 0 Å². The number of nitrogens with zero attached hydrogens (tertiary/aromatic N) is 1. The molecule has 0 radical (unpaired) electrons. The van der Waals surface area contributed by atoms with Gasteiger partial charge in [0.1, 0.15) is 0 Å². The topological polar surface area (TPSA) is 35.8 Å². The molecule has 2 atom stereocenters. The van der Waals surface area contributed by atoms with Gasteiger partial charge in [0.25, 0.3) is 0 Å². The first kappa shape index (κ1) is 9.08. The van der Waals surface area contributed by atoms with Crippen molar-refractivity contribution in [2.45, 2.75) is 25.8 Å². The van der Waals surface area contributed by atoms with E-state index in [1.807, 2.05) is 12.1 Å². The number of hydrogen-bond acceptors (Lipinski definition) is 2. The van der Waals surface area contributed by atoms with Gasteiger partial charge in [-0.15, -0.1) is 0 Å². The van der Waals surface area contributed by atoms with E-state index in [0.717, 1.165) is 12.8 Å². The second-order valence-corrected chi connectivity index (χ2v) is 3.97. The van der Waals surface area contributed by atoms with E-state index >= 15 is 0 Å². The first-order chi connectivity index (χ1) is 6.79. The van der Waals surface area contributed by atoms with Gasteiger partial charge in [0, 0.05) is 11.7 Å². The first-order valence-corrected chi connectivity index (χ1v) is 5.03. The van der Waals surface area contributed by atoms with Crippen molar-refractivity contribution in [3.05, 3.63) is 29.8 Å². The predicted molar refractivity (Wildman–Crippen MR) is 57.0 cm³/mol. The zero-order chi connectivity index (χ0) is 9.97. The number of para-hydroxylation sites is 1. The fraction of sp³-hybridized carbons (Fsp3) is 0.417. The summed E-state index contributed by atoms with van der Waals surface area (Å²) >= 11 is 0. The summed E-state index contributed by atoms with van der Waals surface area (Å²) in [6, 6.07) is 11.0. The Labute approximate surface area is 84.6 Å². The summed E-state index contributed by atoms with van der Waals surface area (Å²) in [5.41, 5.74) is 2.46. The molecule has 72 valence electrons. The van der Waals surface area contributed by atoms with E-state index in [1.54, 1.807) is 0 Å². The van der Waals surface area contributed by atoms with Gasteiger partial charge in [-0.1, -0.05) is 18.2 Å². The van der Waals surface area contributed by atoms with Crippen molar-refractivity contribution in [3.63, 3.8) is 0 Å². The molecule has 0 bridgehead atoms. The summed E-state index contributed by atoms with van der Waals surface area (Å²) in [4.78, 5) is 0. The lowest BCUT2D eigenvalue weighted by Gasteiger charge is -2.12. The molecule has 0 spiro atoms. The lowest BCUT2D eigenvalue weighted by Crippen LogP contribution is -2.16. The molecule has 1 aliphatic heterocycles. The predicted octanol–water partition coefficient (Wildman–Crippen LogP) is 2.57. The standard InChI is InChI=1S/C12H14N2/c1-9-6-10(8-13)7-11-4-2-3-5-12(11)14-9/h2-5,9-10,14H,6-7H2,1H3. The smallest absolute Gasteiger partial charge is 0.0660 e. The highest BCUT2D eigenvalue weighted by Crippen LogP contribution is 2.26. The molecule has 1 N–H and O–H groups in total. The highest BCUT2D eigenvalue weighted by atomic mass is 14.9. The van der Waals surface area contributed by atoms with Crippen LogP contribution in [0.15, 0.2) is 24.3 Å². The summed E-state index contributed by atoms with van der Waals surface area (Å²) < 4.78 is 0. The number of nitrogens with one attached hydrogen (secondary N) is 1. The van der Waals surface area contributed by atoms with Crippen molar-refractivity contribution in [2.75, 3.05) is 5.32 Å². The van der Waals surface area contributed by atoms with Gasteiger partial charge in [-0.05, 0) is 31.4 Å². The summed E-state index contributed by atoms with van der Waals surface area (Å²) in [7, 11) is 0. The third-order valence-electron chi connectivity index (χ3n) is 2.71. The molecule has 0 fully saturated rings. The van der Waals surface area contributed by atoms with Crippen LogP contribution in [0.25, 0.3) is 0 Å². The molecule has 2 unspecified atom stereocenters. The van der Waals surface area contributed by atoms with Crippen molar-refractivity contribution < 1.29 is 0 Å². The van der Waals surface area contributed by atoms with E-state index < -0.39 is 0 Å². The van der Waals surface area contributed by atoms with Crippen molar-refractivity contribution in [2.24, 2.45) is 5.92 Å². The molecule has 0 aliphatic carbocycles. The fourth-order valence-corrected chi connectivity index (χ4v) is 2.04. The van der Waals surface area contributed by atoms with Gasteiger partial charge in [0.15, 0.2) is 0 Å². The second kappa shape index (κ2) is 3.71. The quantitative estimate of drug-likeness (QED) is 0.676. The number of rotatable bonds is 0. The summed E-state index contributed by atoms with van der Waals surface area (Å²) in [5, 5.41) is 12.4. The van der Waals surface area contributed by atoms with E-state index in [0.29, 0.717) is 6.04 Å². The van der Waals surface area contributed by atoms with Crippen molar-refractivity contribution >= 4 is 5.69 Å². The van der Waals surface area contributed by atoms with Crippen LogP contribution in [0, 0.1) is 17.2 Å². The highest BCUT2D eigenvalue weighted by Gasteiger charge is 2.19. The molecule has 1 aromatic rings. The Morgan fingerprint density at radius 3 is 3.00 bits per heavy atom. The van der Waals surface area contributed by atoms with Crippen LogP contribution in [0.1, 0.15) is 18.9 Å². The molecule has 0 saturated heterocycles. The lowest BCUT2D eigenvalue weighted by atomic mass is 9.96. The molecule has 2 rings (SSSR count). The van der Waals surface area contributed by atoms with Crippen LogP contribution in [-0.2, 0) is 6.42 Å². The van der Waals surface area contributed by atoms with Crippen LogP contribution in [-0.4, -0.2) is 6.04 Å². The average molecular weight is 186 g/mol. The van der Waals surface area contributed by atoms with Crippen molar-refractivity contribution in [3.8, 4) is 6.07 Å². The van der Waals surface area contributed by atoms with Gasteiger partial charge in [0.05, 0.1) is 12.0 Å². The minimum absolute atomic E-state index is 0.154. The normalized spacial score (nSPS) is 25.4. The third kappa shape index (κ3) is 1.72. The van der Waals surface area contributed by atoms with Crippen LogP contribution in [0.2, 0.25) is 0 Å². The maximum absolute atomic E-state index is 8.98. The number of anilines is 1. The molecule has 1 aliphatic rings. The minimum Gasteiger partial charge on any atom is -0.382 e. The first-order valence-electron chi connectivity index (χ1n) is 5.03. The Bertz CT molecular complexity index is 365. The summed E-state index contributed by atoms with van der Waals surface area (Å²) in [5.74, 6) is 0.154. The maximum Gasteiger partial charge on any atom is 0.0660 e. The molecular formula is C12H14N2. The zero-order valence-corrected chi connectivity index (χ0v) is 8.33. The van der Waals surface area contributed by atoms with E-state index in [2.05, 4.69) is 30.4 Å². The number of hydrogen-bond donors (Lipinski definition) is 1. The third-order valence-corrected chi connectivity index (χ3v) is 2.71. The molecule has 0 amide bonds. The Hall–Kier alpha value is -1.49. The molecule has 2 heteroatoms. The van der Waals surface area contributed by atoms with Crippen LogP contribution in [0.4, 0.5) is 5.69 Å². The highest BCUT2D eigenvalue weighted by molar-refractivity contribution is 5.53. The van der Waals surface area contributed by atoms with Gasteiger partial charge in [-0.3, -0.25) is 0 Å². The number of benzene rings is 1. The summed E-state index contributed by atoms with van der Waals surface area (Å²) in [6.07, 6.45) is 1.81. The van der Waals surface area contributed by atoms with Crippen molar-refractivity contribution in [1.82, 2.24) is 0 Å². The molecule has 0 aromatic heterocycles. The van der Waals surface area contributed by atoms with Gasteiger partial charge in [-0.25, -0.2) is 0 Å². The second-order valence-electron chi connectivity index (χ2n) is 3.97. The van der Waals surface area contributed by atoms with E-state index in [-0.39, 0.29) is 5.92 Å². The Morgan fingerprint density at radius 1 is 1.43 bits per heavy atom. The molecule has 14 heavy (non-hydrogen) atoms. The number of fused-ring (bicyclic) bond motifs is 1. The average Bonchev–Trinajstić information content (AvgIpc) is 2.35. The lowest BCUT2D eigenvalue weighted by molar-refractivity contribution is 0.568. The zero-order valence-electron chi connectivity index (χ0n) is 8.33. The van der Waals surface area contributed by atoms with Crippen LogP contribution in [0.5, 0.6) is 0 Å². The molecule has 1 aromatic carbocycles. The van der Waals surface area contributed by atoms with E-state index in [4.69, 9.17) is 5.26 Å². The van der Waals surface area contributed by atoms with Crippen molar-refractivity contribution in [1.29, 1.82) is 5.26 Å². The van der Waals surface area contributed by atoms with Gasteiger partial charge in [-0.2, -0.15) is 5.26 Å². The Kier molecular flexibility index (Phi) is 2.41. The Balaban J connectivity index is 2.33. The summed E-state index contributed by atoms with van der Waals surface area (Å²) in [6.45, 7) is 2.13.